The van der Waals surface area contributed by atoms with Crippen LogP contribution in [0.4, 0.5) is 8.78 Å². The topological polar surface area (TPSA) is 38.8 Å². The molecule has 0 N–H and O–H groups in total. The summed E-state index contributed by atoms with van der Waals surface area (Å²) in [6.07, 6.45) is 0. The van der Waals surface area contributed by atoms with Crippen molar-refractivity contribution in [2.45, 2.75) is 20.1 Å². The van der Waals surface area contributed by atoms with Gasteiger partial charge >= 0.3 is 6.61 Å². The van der Waals surface area contributed by atoms with Crippen LogP contribution in [0, 0.1) is 0 Å². The monoisotopic (exact) mass is 375 g/mol. The molecule has 0 bridgehead atoms. The summed E-state index contributed by atoms with van der Waals surface area (Å²) in [5, 5.41) is 0. The minimum absolute atomic E-state index is 0.0328. The molecule has 0 unspecified atom stereocenters. The Kier molecular flexibility index (Phi) is 6.39. The first-order valence-corrected chi connectivity index (χ1v) is 8.31. The van der Waals surface area contributed by atoms with Gasteiger partial charge in [0.05, 0.1) is 15.8 Å². The van der Waals surface area contributed by atoms with E-state index in [9.17, 15) is 13.6 Å². The molecule has 130 valence electrons. The molecule has 2 rings (SSSR count). The molecule has 0 atom stereocenters. The van der Waals surface area contributed by atoms with Crippen LogP contribution in [0.1, 0.15) is 22.2 Å². The number of nitrogens with zero attached hydrogens (tertiary/aromatic N) is 1. The van der Waals surface area contributed by atoms with Crippen LogP contribution in [0.15, 0.2) is 30.3 Å². The van der Waals surface area contributed by atoms with Gasteiger partial charge in [0.1, 0.15) is 0 Å². The Labute approximate surface area is 147 Å². The zero-order chi connectivity index (χ0) is 17.7. The molecule has 0 aliphatic heterocycles. The first kappa shape index (κ1) is 18.5. The van der Waals surface area contributed by atoms with Gasteiger partial charge in [-0.2, -0.15) is 8.78 Å². The lowest BCUT2D eigenvalue weighted by atomic mass is 10.2. The van der Waals surface area contributed by atoms with E-state index in [0.29, 0.717) is 22.4 Å². The van der Waals surface area contributed by atoms with Crippen LogP contribution in [0.2, 0.25) is 4.34 Å². The number of amides is 1. The van der Waals surface area contributed by atoms with Crippen molar-refractivity contribution in [2.75, 3.05) is 13.7 Å². The molecule has 4 nitrogen and oxygen atoms in total. The summed E-state index contributed by atoms with van der Waals surface area (Å²) in [6.45, 7) is -0.577. The highest BCUT2D eigenvalue weighted by molar-refractivity contribution is 7.17. The standard InChI is InChI=1S/C16H16ClF2NO3S/c1-3-22-12-8-10(4-5-11(12)23-16(18)19)9-20(2)15(21)13-6-7-14(17)24-13/h4-8,16H,3,9H2,1-2H3. The zero-order valence-electron chi connectivity index (χ0n) is 13.1. The van der Waals surface area contributed by atoms with Crippen LogP contribution in [-0.2, 0) is 6.54 Å². The highest BCUT2D eigenvalue weighted by atomic mass is 35.5. The number of hydrogen-bond acceptors (Lipinski definition) is 4. The maximum Gasteiger partial charge on any atom is 0.387 e. The normalized spacial score (nSPS) is 10.8. The van der Waals surface area contributed by atoms with E-state index in [1.165, 1.54) is 22.3 Å². The molecule has 1 aromatic heterocycles. The third kappa shape index (κ3) is 4.82. The molecule has 0 saturated carbocycles. The minimum atomic E-state index is -2.93. The highest BCUT2D eigenvalue weighted by Crippen LogP contribution is 2.30. The van der Waals surface area contributed by atoms with Crippen LogP contribution >= 0.6 is 22.9 Å². The Morgan fingerprint density at radius 1 is 1.29 bits per heavy atom. The summed E-state index contributed by atoms with van der Waals surface area (Å²) in [6, 6.07) is 7.94. The second-order valence-electron chi connectivity index (χ2n) is 4.86. The second kappa shape index (κ2) is 8.30. The van der Waals surface area contributed by atoms with Crippen molar-refractivity contribution in [3.8, 4) is 11.5 Å². The number of carbonyl (C=O) groups excluding carboxylic acids is 1. The van der Waals surface area contributed by atoms with Crippen LogP contribution in [0.3, 0.4) is 0 Å². The Morgan fingerprint density at radius 3 is 2.62 bits per heavy atom. The molecule has 0 spiro atoms. The van der Waals surface area contributed by atoms with E-state index in [2.05, 4.69) is 4.74 Å². The van der Waals surface area contributed by atoms with Gasteiger partial charge in [-0.3, -0.25) is 4.79 Å². The fourth-order valence-electron chi connectivity index (χ4n) is 2.08. The minimum Gasteiger partial charge on any atom is -0.490 e. The third-order valence-electron chi connectivity index (χ3n) is 3.07. The van der Waals surface area contributed by atoms with Gasteiger partial charge in [-0.15, -0.1) is 11.3 Å². The van der Waals surface area contributed by atoms with Crippen molar-refractivity contribution in [2.24, 2.45) is 0 Å². The maximum absolute atomic E-state index is 12.4. The van der Waals surface area contributed by atoms with E-state index in [1.807, 2.05) is 0 Å². The molecule has 24 heavy (non-hydrogen) atoms. The number of thiophene rings is 1. The van der Waals surface area contributed by atoms with Gasteiger partial charge in [0.25, 0.3) is 5.91 Å². The lowest BCUT2D eigenvalue weighted by molar-refractivity contribution is -0.0514. The van der Waals surface area contributed by atoms with Crippen molar-refractivity contribution in [3.05, 3.63) is 45.1 Å². The zero-order valence-corrected chi connectivity index (χ0v) is 14.7. The third-order valence-corrected chi connectivity index (χ3v) is 4.29. The van der Waals surface area contributed by atoms with Gasteiger partial charge in [-0.1, -0.05) is 17.7 Å². The van der Waals surface area contributed by atoms with Crippen LogP contribution in [0.5, 0.6) is 11.5 Å². The summed E-state index contributed by atoms with van der Waals surface area (Å²) in [5.74, 6) is 0.0164. The molecule has 0 aliphatic rings. The largest absolute Gasteiger partial charge is 0.490 e. The van der Waals surface area contributed by atoms with Gasteiger partial charge in [0.15, 0.2) is 11.5 Å². The average molecular weight is 376 g/mol. The second-order valence-corrected chi connectivity index (χ2v) is 6.57. The van der Waals surface area contributed by atoms with E-state index in [4.69, 9.17) is 16.3 Å². The fraction of sp³-hybridized carbons (Fsp3) is 0.312. The van der Waals surface area contributed by atoms with Gasteiger partial charge in [-0.05, 0) is 36.8 Å². The molecular weight excluding hydrogens is 360 g/mol. The molecule has 0 aliphatic carbocycles. The number of hydrogen-bond donors (Lipinski definition) is 0. The number of carbonyl (C=O) groups is 1. The first-order chi connectivity index (χ1) is 11.4. The number of rotatable bonds is 7. The molecule has 0 fully saturated rings. The van der Waals surface area contributed by atoms with Crippen molar-refractivity contribution >= 4 is 28.8 Å². The summed E-state index contributed by atoms with van der Waals surface area (Å²) >= 11 is 7.04. The molecule has 8 heteroatoms. The van der Waals surface area contributed by atoms with Gasteiger partial charge in [-0.25, -0.2) is 0 Å². The van der Waals surface area contributed by atoms with E-state index >= 15 is 0 Å². The van der Waals surface area contributed by atoms with Crippen LogP contribution in [-0.4, -0.2) is 31.1 Å². The summed E-state index contributed by atoms with van der Waals surface area (Å²) < 4.78 is 35.1. The molecule has 1 heterocycles. The van der Waals surface area contributed by atoms with Crippen molar-refractivity contribution in [1.29, 1.82) is 0 Å². The van der Waals surface area contributed by atoms with E-state index < -0.39 is 6.61 Å². The molecule has 0 saturated heterocycles. The van der Waals surface area contributed by atoms with Crippen molar-refractivity contribution in [1.82, 2.24) is 4.90 Å². The molecular formula is C16H16ClF2NO3S. The Bertz CT molecular complexity index is 708. The molecule has 1 aromatic carbocycles. The SMILES string of the molecule is CCOc1cc(CN(C)C(=O)c2ccc(Cl)s2)ccc1OC(F)F. The fourth-order valence-corrected chi connectivity index (χ4v) is 3.11. The number of halogens is 3. The summed E-state index contributed by atoms with van der Waals surface area (Å²) in [7, 11) is 1.65. The number of alkyl halides is 2. The van der Waals surface area contributed by atoms with Gasteiger partial charge in [0.2, 0.25) is 0 Å². The van der Waals surface area contributed by atoms with E-state index in [1.54, 1.807) is 38.2 Å². The predicted octanol–water partition coefficient (Wildman–Crippen LogP) is 4.67. The first-order valence-electron chi connectivity index (χ1n) is 7.12. The lowest BCUT2D eigenvalue weighted by Crippen LogP contribution is -2.25. The van der Waals surface area contributed by atoms with Crippen molar-refractivity contribution in [3.63, 3.8) is 0 Å². The van der Waals surface area contributed by atoms with Crippen molar-refractivity contribution < 1.29 is 23.0 Å². The van der Waals surface area contributed by atoms with Gasteiger partial charge < -0.3 is 14.4 Å². The molecule has 1 amide bonds. The summed E-state index contributed by atoms with van der Waals surface area (Å²) in [5.41, 5.74) is 0.735. The number of benzene rings is 1. The Balaban J connectivity index is 2.13. The Hall–Kier alpha value is -1.86. The quantitative estimate of drug-likeness (QED) is 0.705. The van der Waals surface area contributed by atoms with Crippen LogP contribution in [0.25, 0.3) is 0 Å². The Morgan fingerprint density at radius 2 is 2.04 bits per heavy atom. The lowest BCUT2D eigenvalue weighted by Gasteiger charge is -2.18. The molecule has 0 radical (unpaired) electrons. The van der Waals surface area contributed by atoms with E-state index in [0.717, 1.165) is 5.56 Å². The van der Waals surface area contributed by atoms with E-state index in [-0.39, 0.29) is 17.4 Å². The molecule has 2 aromatic rings. The number of ether oxygens (including phenoxy) is 2. The van der Waals surface area contributed by atoms with Crippen LogP contribution < -0.4 is 9.47 Å². The van der Waals surface area contributed by atoms with Gasteiger partial charge in [0, 0.05) is 13.6 Å². The average Bonchev–Trinajstić information content (AvgIpc) is 2.95. The smallest absolute Gasteiger partial charge is 0.387 e. The predicted molar refractivity (Wildman–Crippen MR) is 89.4 cm³/mol. The maximum atomic E-state index is 12.4. The highest BCUT2D eigenvalue weighted by Gasteiger charge is 2.16. The summed E-state index contributed by atoms with van der Waals surface area (Å²) in [4.78, 5) is 14.4.